The van der Waals surface area contributed by atoms with Crippen molar-refractivity contribution in [1.29, 1.82) is 0 Å². The quantitative estimate of drug-likeness (QED) is 0.816. The third kappa shape index (κ3) is 1.82. The monoisotopic (exact) mass is 216 g/mol. The highest BCUT2D eigenvalue weighted by Gasteiger charge is 2.03. The van der Waals surface area contributed by atoms with Crippen LogP contribution in [0.15, 0.2) is 46.1 Å². The van der Waals surface area contributed by atoms with E-state index in [9.17, 15) is 9.59 Å². The summed E-state index contributed by atoms with van der Waals surface area (Å²) in [5, 5.41) is 0. The number of benzene rings is 1. The third-order valence-corrected chi connectivity index (χ3v) is 2.46. The van der Waals surface area contributed by atoms with E-state index in [1.807, 2.05) is 31.2 Å². The number of aromatic nitrogens is 2. The average molecular weight is 216 g/mol. The maximum absolute atomic E-state index is 11.6. The second-order valence-electron chi connectivity index (χ2n) is 3.46. The number of nitrogens with one attached hydrogen (secondary N) is 1. The first-order valence-electron chi connectivity index (χ1n) is 5.12. The Bertz CT molecular complexity index is 611. The molecule has 1 aromatic heterocycles. The zero-order chi connectivity index (χ0) is 11.5. The predicted octanol–water partition coefficient (Wildman–Crippen LogP) is 1.09. The van der Waals surface area contributed by atoms with E-state index in [-0.39, 0.29) is 5.56 Å². The van der Waals surface area contributed by atoms with Gasteiger partial charge >= 0.3 is 5.69 Å². The topological polar surface area (TPSA) is 54.9 Å². The molecule has 0 saturated carbocycles. The standard InChI is InChI=1S/C12H12N2O2/c1-2-9-5-3-4-6-10(9)14-8-7-11(15)13-12(14)16/h3-8H,2H2,1H3,(H,13,15,16). The van der Waals surface area contributed by atoms with Gasteiger partial charge in [0.15, 0.2) is 0 Å². The fourth-order valence-electron chi connectivity index (χ4n) is 1.65. The molecule has 1 aromatic carbocycles. The van der Waals surface area contributed by atoms with Gasteiger partial charge in [0.25, 0.3) is 5.56 Å². The molecule has 0 spiro atoms. The summed E-state index contributed by atoms with van der Waals surface area (Å²) < 4.78 is 1.44. The fraction of sp³-hybridized carbons (Fsp3) is 0.167. The molecule has 0 fully saturated rings. The molecule has 0 saturated heterocycles. The van der Waals surface area contributed by atoms with E-state index in [1.54, 1.807) is 0 Å². The maximum atomic E-state index is 11.6. The molecule has 82 valence electrons. The van der Waals surface area contributed by atoms with E-state index in [4.69, 9.17) is 0 Å². The van der Waals surface area contributed by atoms with E-state index in [0.717, 1.165) is 17.7 Å². The first-order valence-corrected chi connectivity index (χ1v) is 5.12. The summed E-state index contributed by atoms with van der Waals surface area (Å²) >= 11 is 0. The number of rotatable bonds is 2. The van der Waals surface area contributed by atoms with Gasteiger partial charge < -0.3 is 0 Å². The van der Waals surface area contributed by atoms with Crippen molar-refractivity contribution in [3.05, 3.63) is 62.9 Å². The number of hydrogen-bond donors (Lipinski definition) is 1. The van der Waals surface area contributed by atoms with Gasteiger partial charge in [-0.3, -0.25) is 14.3 Å². The molecule has 2 rings (SSSR count). The zero-order valence-corrected chi connectivity index (χ0v) is 8.93. The Morgan fingerprint density at radius 2 is 1.94 bits per heavy atom. The summed E-state index contributed by atoms with van der Waals surface area (Å²) in [7, 11) is 0. The van der Waals surface area contributed by atoms with Crippen LogP contribution >= 0.6 is 0 Å². The van der Waals surface area contributed by atoms with Crippen LogP contribution in [-0.2, 0) is 6.42 Å². The second-order valence-corrected chi connectivity index (χ2v) is 3.46. The first kappa shape index (κ1) is 10.4. The van der Waals surface area contributed by atoms with Gasteiger partial charge in [-0.15, -0.1) is 0 Å². The SMILES string of the molecule is CCc1ccccc1-n1ccc(=O)[nH]c1=O. The molecule has 1 heterocycles. The molecular formula is C12H12N2O2. The van der Waals surface area contributed by atoms with Gasteiger partial charge in [0, 0.05) is 12.3 Å². The lowest BCUT2D eigenvalue weighted by atomic mass is 10.1. The molecule has 0 aliphatic heterocycles. The first-order chi connectivity index (χ1) is 7.72. The highest BCUT2D eigenvalue weighted by molar-refractivity contribution is 5.40. The molecule has 0 atom stereocenters. The molecule has 4 heteroatoms. The van der Waals surface area contributed by atoms with Gasteiger partial charge in [-0.2, -0.15) is 0 Å². The van der Waals surface area contributed by atoms with Crippen LogP contribution in [0.5, 0.6) is 0 Å². The van der Waals surface area contributed by atoms with Crippen LogP contribution in [-0.4, -0.2) is 9.55 Å². The van der Waals surface area contributed by atoms with Gasteiger partial charge in [-0.25, -0.2) is 4.79 Å². The highest BCUT2D eigenvalue weighted by atomic mass is 16.2. The third-order valence-electron chi connectivity index (χ3n) is 2.46. The normalized spacial score (nSPS) is 10.3. The Hall–Kier alpha value is -2.10. The lowest BCUT2D eigenvalue weighted by Gasteiger charge is -2.08. The summed E-state index contributed by atoms with van der Waals surface area (Å²) in [4.78, 5) is 24.8. The average Bonchev–Trinajstić information content (AvgIpc) is 2.29. The van der Waals surface area contributed by atoms with E-state index in [1.165, 1.54) is 16.8 Å². The molecule has 0 unspecified atom stereocenters. The predicted molar refractivity (Wildman–Crippen MR) is 62.0 cm³/mol. The second kappa shape index (κ2) is 4.18. The summed E-state index contributed by atoms with van der Waals surface area (Å²) in [6, 6.07) is 8.96. The van der Waals surface area contributed by atoms with Crippen molar-refractivity contribution in [3.8, 4) is 5.69 Å². The Labute approximate surface area is 92.2 Å². The lowest BCUT2D eigenvalue weighted by Crippen LogP contribution is -2.27. The highest BCUT2D eigenvalue weighted by Crippen LogP contribution is 2.12. The largest absolute Gasteiger partial charge is 0.332 e. The minimum atomic E-state index is -0.409. The van der Waals surface area contributed by atoms with Crippen LogP contribution in [0.3, 0.4) is 0 Å². The van der Waals surface area contributed by atoms with Crippen LogP contribution in [0.1, 0.15) is 12.5 Å². The molecule has 4 nitrogen and oxygen atoms in total. The Kier molecular flexibility index (Phi) is 2.72. The number of aromatic amines is 1. The Balaban J connectivity index is 2.68. The van der Waals surface area contributed by atoms with E-state index < -0.39 is 5.69 Å². The van der Waals surface area contributed by atoms with Crippen molar-refractivity contribution in [3.63, 3.8) is 0 Å². The Morgan fingerprint density at radius 1 is 1.19 bits per heavy atom. The minimum Gasteiger partial charge on any atom is -0.274 e. The van der Waals surface area contributed by atoms with Crippen molar-refractivity contribution in [2.75, 3.05) is 0 Å². The number of para-hydroxylation sites is 1. The molecule has 0 aliphatic carbocycles. The lowest BCUT2D eigenvalue weighted by molar-refractivity contribution is 0.880. The zero-order valence-electron chi connectivity index (χ0n) is 8.93. The fourth-order valence-corrected chi connectivity index (χ4v) is 1.65. The van der Waals surface area contributed by atoms with Crippen molar-refractivity contribution in [1.82, 2.24) is 9.55 Å². The van der Waals surface area contributed by atoms with Crippen LogP contribution < -0.4 is 11.2 Å². The van der Waals surface area contributed by atoms with Crippen molar-refractivity contribution < 1.29 is 0 Å². The van der Waals surface area contributed by atoms with Gasteiger partial charge in [0.1, 0.15) is 0 Å². The summed E-state index contributed by atoms with van der Waals surface area (Å²) in [6.07, 6.45) is 2.33. The molecule has 0 bridgehead atoms. The molecular weight excluding hydrogens is 204 g/mol. The van der Waals surface area contributed by atoms with E-state index in [0.29, 0.717) is 0 Å². The smallest absolute Gasteiger partial charge is 0.274 e. The summed E-state index contributed by atoms with van der Waals surface area (Å²) in [5.74, 6) is 0. The van der Waals surface area contributed by atoms with Gasteiger partial charge in [-0.1, -0.05) is 25.1 Å². The van der Waals surface area contributed by atoms with Gasteiger partial charge in [-0.05, 0) is 18.1 Å². The minimum absolute atomic E-state index is 0.379. The number of aryl methyl sites for hydroxylation is 1. The van der Waals surface area contributed by atoms with Crippen molar-refractivity contribution in [2.45, 2.75) is 13.3 Å². The van der Waals surface area contributed by atoms with Crippen LogP contribution in [0, 0.1) is 0 Å². The number of hydrogen-bond acceptors (Lipinski definition) is 2. The van der Waals surface area contributed by atoms with E-state index >= 15 is 0 Å². The summed E-state index contributed by atoms with van der Waals surface area (Å²) in [5.41, 5.74) is 1.09. The van der Waals surface area contributed by atoms with Crippen molar-refractivity contribution in [2.24, 2.45) is 0 Å². The molecule has 0 amide bonds. The van der Waals surface area contributed by atoms with E-state index in [2.05, 4.69) is 4.98 Å². The number of nitrogens with zero attached hydrogens (tertiary/aromatic N) is 1. The van der Waals surface area contributed by atoms with Gasteiger partial charge in [0.05, 0.1) is 5.69 Å². The van der Waals surface area contributed by atoms with Gasteiger partial charge in [0.2, 0.25) is 0 Å². The molecule has 0 aliphatic rings. The van der Waals surface area contributed by atoms with Crippen LogP contribution in [0.2, 0.25) is 0 Å². The molecule has 2 aromatic rings. The maximum Gasteiger partial charge on any atom is 0.332 e. The van der Waals surface area contributed by atoms with Crippen molar-refractivity contribution >= 4 is 0 Å². The molecule has 1 N–H and O–H groups in total. The number of H-pyrrole nitrogens is 1. The Morgan fingerprint density at radius 3 is 2.62 bits per heavy atom. The summed E-state index contributed by atoms with van der Waals surface area (Å²) in [6.45, 7) is 2.02. The van der Waals surface area contributed by atoms with Crippen LogP contribution in [0.4, 0.5) is 0 Å². The molecule has 0 radical (unpaired) electrons. The van der Waals surface area contributed by atoms with Crippen LogP contribution in [0.25, 0.3) is 5.69 Å². The molecule has 16 heavy (non-hydrogen) atoms.